The molecule has 0 aromatic heterocycles. The average Bonchev–Trinajstić information content (AvgIpc) is 2.45. The van der Waals surface area contributed by atoms with Gasteiger partial charge in [0.25, 0.3) is 0 Å². The lowest BCUT2D eigenvalue weighted by molar-refractivity contribution is -0.120. The lowest BCUT2D eigenvalue weighted by Gasteiger charge is -2.13. The zero-order valence-corrected chi connectivity index (χ0v) is 13.8. The Morgan fingerprint density at radius 1 is 1.17 bits per heavy atom. The second-order valence-electron chi connectivity index (χ2n) is 5.66. The maximum absolute atomic E-state index is 12.1. The van der Waals surface area contributed by atoms with Gasteiger partial charge in [0.15, 0.2) is 5.78 Å². The number of aromatic hydroxyl groups is 1. The summed E-state index contributed by atoms with van der Waals surface area (Å²) in [6, 6.07) is 4.46. The third kappa shape index (κ3) is 6.50. The molecule has 0 saturated heterocycles. The molecule has 0 radical (unpaired) electrons. The van der Waals surface area contributed by atoms with E-state index in [2.05, 4.69) is 10.6 Å². The van der Waals surface area contributed by atoms with Crippen LogP contribution in [0.15, 0.2) is 18.2 Å². The van der Waals surface area contributed by atoms with E-state index in [1.807, 2.05) is 6.92 Å². The number of nitrogens with one attached hydrogen (secondary N) is 2. The number of anilines is 1. The topological polar surface area (TPSA) is 95.5 Å². The summed E-state index contributed by atoms with van der Waals surface area (Å²) in [5.74, 6) is -0.739. The van der Waals surface area contributed by atoms with Crippen molar-refractivity contribution >= 4 is 23.3 Å². The molecule has 0 aliphatic heterocycles. The van der Waals surface area contributed by atoms with E-state index in [0.717, 1.165) is 12.8 Å². The molecule has 3 N–H and O–H groups in total. The van der Waals surface area contributed by atoms with Gasteiger partial charge >= 0.3 is 0 Å². The van der Waals surface area contributed by atoms with E-state index in [1.54, 1.807) is 6.07 Å². The number of phenolic OH excluding ortho intramolecular Hbond substituents is 1. The van der Waals surface area contributed by atoms with Crippen LogP contribution in [0.25, 0.3) is 0 Å². The van der Waals surface area contributed by atoms with Crippen LogP contribution in [0.5, 0.6) is 5.75 Å². The van der Waals surface area contributed by atoms with Crippen LogP contribution in [0.4, 0.5) is 5.69 Å². The number of benzene rings is 1. The Kier molecular flexibility index (Phi) is 7.25. The molecule has 1 aromatic carbocycles. The fourth-order valence-electron chi connectivity index (χ4n) is 2.14. The van der Waals surface area contributed by atoms with Gasteiger partial charge in [-0.05, 0) is 31.9 Å². The molecule has 6 heteroatoms. The number of carbonyl (C=O) groups is 3. The highest BCUT2D eigenvalue weighted by atomic mass is 16.3. The highest BCUT2D eigenvalue weighted by molar-refractivity contribution is 5.98. The fraction of sp³-hybridized carbons (Fsp3) is 0.471. The number of amides is 2. The Hall–Kier alpha value is -2.37. The second-order valence-corrected chi connectivity index (χ2v) is 5.66. The number of ketones is 1. The van der Waals surface area contributed by atoms with E-state index in [4.69, 9.17) is 0 Å². The van der Waals surface area contributed by atoms with Crippen molar-refractivity contribution in [3.05, 3.63) is 23.8 Å². The molecule has 0 spiro atoms. The first kappa shape index (κ1) is 18.7. The Morgan fingerprint density at radius 3 is 2.43 bits per heavy atom. The van der Waals surface area contributed by atoms with Crippen molar-refractivity contribution in [2.75, 3.05) is 11.9 Å². The summed E-state index contributed by atoms with van der Waals surface area (Å²) in [4.78, 5) is 34.1. The van der Waals surface area contributed by atoms with Crippen LogP contribution in [-0.2, 0) is 9.59 Å². The number of unbranched alkanes of at least 4 members (excludes halogenated alkanes) is 1. The van der Waals surface area contributed by atoms with Gasteiger partial charge in [-0.3, -0.25) is 14.4 Å². The standard InChI is InChI=1S/C17H24N2O4/c1-11(6-4-5-9-18-13(3)21)17(23)19-14-7-8-15(12(2)20)16(22)10-14/h7-8,10-11,22H,4-6,9H2,1-3H3,(H,18,21)(H,19,23)/t11-/m0/s1. The van der Waals surface area contributed by atoms with Crippen molar-refractivity contribution in [1.82, 2.24) is 5.32 Å². The molecule has 0 unspecified atom stereocenters. The lowest BCUT2D eigenvalue weighted by Crippen LogP contribution is -2.22. The Morgan fingerprint density at radius 2 is 1.87 bits per heavy atom. The summed E-state index contributed by atoms with van der Waals surface area (Å²) in [6.07, 6.45) is 2.37. The van der Waals surface area contributed by atoms with Crippen molar-refractivity contribution in [3.8, 4) is 5.75 Å². The molecule has 0 saturated carbocycles. The van der Waals surface area contributed by atoms with Crippen LogP contribution >= 0.6 is 0 Å². The van der Waals surface area contributed by atoms with Crippen molar-refractivity contribution < 1.29 is 19.5 Å². The van der Waals surface area contributed by atoms with Crippen LogP contribution in [0, 0.1) is 5.92 Å². The van der Waals surface area contributed by atoms with E-state index in [1.165, 1.54) is 26.0 Å². The van der Waals surface area contributed by atoms with E-state index in [0.29, 0.717) is 18.7 Å². The van der Waals surface area contributed by atoms with Crippen LogP contribution in [0.2, 0.25) is 0 Å². The van der Waals surface area contributed by atoms with Crippen LogP contribution in [0.1, 0.15) is 50.4 Å². The smallest absolute Gasteiger partial charge is 0.227 e. The predicted molar refractivity (Wildman–Crippen MR) is 88.4 cm³/mol. The quantitative estimate of drug-likeness (QED) is 0.506. The maximum atomic E-state index is 12.1. The monoisotopic (exact) mass is 320 g/mol. The molecule has 6 nitrogen and oxygen atoms in total. The Bertz CT molecular complexity index is 584. The van der Waals surface area contributed by atoms with Gasteiger partial charge in [0.2, 0.25) is 11.8 Å². The second kappa shape index (κ2) is 8.92. The minimum Gasteiger partial charge on any atom is -0.507 e. The van der Waals surface area contributed by atoms with Gasteiger partial charge in [0.1, 0.15) is 5.75 Å². The first-order valence-corrected chi connectivity index (χ1v) is 7.70. The normalized spacial score (nSPS) is 11.6. The van der Waals surface area contributed by atoms with Gasteiger partial charge in [0.05, 0.1) is 5.56 Å². The maximum Gasteiger partial charge on any atom is 0.227 e. The van der Waals surface area contributed by atoms with Gasteiger partial charge in [-0.2, -0.15) is 0 Å². The number of rotatable bonds is 8. The van der Waals surface area contributed by atoms with Crippen molar-refractivity contribution in [3.63, 3.8) is 0 Å². The summed E-state index contributed by atoms with van der Waals surface area (Å²) in [5, 5.41) is 15.2. The van der Waals surface area contributed by atoms with Crippen LogP contribution in [-0.4, -0.2) is 29.2 Å². The fourth-order valence-corrected chi connectivity index (χ4v) is 2.14. The minimum atomic E-state index is -0.229. The highest BCUT2D eigenvalue weighted by Gasteiger charge is 2.14. The Labute approximate surface area is 136 Å². The molecule has 1 rings (SSSR count). The van der Waals surface area contributed by atoms with E-state index < -0.39 is 0 Å². The molecule has 0 aliphatic rings. The third-order valence-electron chi connectivity index (χ3n) is 3.53. The molecule has 0 fully saturated rings. The number of hydrogen-bond donors (Lipinski definition) is 3. The van der Waals surface area contributed by atoms with E-state index in [-0.39, 0.29) is 34.8 Å². The largest absolute Gasteiger partial charge is 0.507 e. The molecule has 1 atom stereocenters. The summed E-state index contributed by atoms with van der Waals surface area (Å²) in [5.41, 5.74) is 0.691. The molecule has 0 bridgehead atoms. The molecule has 126 valence electrons. The summed E-state index contributed by atoms with van der Waals surface area (Å²) < 4.78 is 0. The van der Waals surface area contributed by atoms with Gasteiger partial charge in [0, 0.05) is 31.1 Å². The summed E-state index contributed by atoms with van der Waals surface area (Å²) in [7, 11) is 0. The first-order chi connectivity index (χ1) is 10.8. The summed E-state index contributed by atoms with van der Waals surface area (Å²) in [6.45, 7) is 5.29. The molecule has 23 heavy (non-hydrogen) atoms. The number of hydrogen-bond acceptors (Lipinski definition) is 4. The molecular formula is C17H24N2O4. The third-order valence-corrected chi connectivity index (χ3v) is 3.53. The van der Waals surface area contributed by atoms with E-state index >= 15 is 0 Å². The lowest BCUT2D eigenvalue weighted by atomic mass is 10.0. The average molecular weight is 320 g/mol. The minimum absolute atomic E-state index is 0.0513. The number of carbonyl (C=O) groups excluding carboxylic acids is 3. The zero-order valence-electron chi connectivity index (χ0n) is 13.8. The molecule has 0 heterocycles. The summed E-state index contributed by atoms with van der Waals surface area (Å²) >= 11 is 0. The van der Waals surface area contributed by atoms with E-state index in [9.17, 15) is 19.5 Å². The van der Waals surface area contributed by atoms with Gasteiger partial charge in [-0.1, -0.05) is 13.3 Å². The zero-order chi connectivity index (χ0) is 17.4. The molecular weight excluding hydrogens is 296 g/mol. The molecule has 1 aromatic rings. The highest BCUT2D eigenvalue weighted by Crippen LogP contribution is 2.23. The SMILES string of the molecule is CC(=O)NCCCC[C@H](C)C(=O)Nc1ccc(C(C)=O)c(O)c1. The molecule has 2 amide bonds. The van der Waals surface area contributed by atoms with Crippen LogP contribution < -0.4 is 10.6 Å². The number of phenols is 1. The van der Waals surface area contributed by atoms with Gasteiger partial charge < -0.3 is 15.7 Å². The number of Topliss-reactive ketones (excluding diaryl/α,β-unsaturated/α-hetero) is 1. The van der Waals surface area contributed by atoms with Crippen molar-refractivity contribution in [2.24, 2.45) is 5.92 Å². The van der Waals surface area contributed by atoms with Crippen LogP contribution in [0.3, 0.4) is 0 Å². The molecule has 0 aliphatic carbocycles. The van der Waals surface area contributed by atoms with Crippen molar-refractivity contribution in [2.45, 2.75) is 40.0 Å². The predicted octanol–water partition coefficient (Wildman–Crippen LogP) is 2.48. The van der Waals surface area contributed by atoms with Gasteiger partial charge in [-0.15, -0.1) is 0 Å². The first-order valence-electron chi connectivity index (χ1n) is 7.70. The van der Waals surface area contributed by atoms with Crippen molar-refractivity contribution in [1.29, 1.82) is 0 Å². The van der Waals surface area contributed by atoms with Gasteiger partial charge in [-0.25, -0.2) is 0 Å². The Balaban J connectivity index is 2.44.